The summed E-state index contributed by atoms with van der Waals surface area (Å²) in [5.74, 6) is 1.84. The molecule has 2 N–H and O–H groups in total. The molecule has 9 nitrogen and oxygen atoms in total. The quantitative estimate of drug-likeness (QED) is 0.196. The van der Waals surface area contributed by atoms with E-state index in [-0.39, 0.29) is 82.4 Å². The maximum atomic E-state index is 14.3. The van der Waals surface area contributed by atoms with Gasteiger partial charge in [-0.3, -0.25) is 19.2 Å². The Balaban J connectivity index is 1.09. The molecule has 0 aromatic heterocycles. The molecule has 0 aliphatic heterocycles. The summed E-state index contributed by atoms with van der Waals surface area (Å²) in [6.45, 7) is 17.0. The highest BCUT2D eigenvalue weighted by molar-refractivity contribution is 6.03. The number of amides is 2. The van der Waals surface area contributed by atoms with Crippen molar-refractivity contribution in [2.24, 2.45) is 64.1 Å². The predicted molar refractivity (Wildman–Crippen MR) is 210 cm³/mol. The summed E-state index contributed by atoms with van der Waals surface area (Å²) in [6.07, 6.45) is 9.61. The summed E-state index contributed by atoms with van der Waals surface area (Å²) in [4.78, 5) is 66.1. The van der Waals surface area contributed by atoms with Gasteiger partial charge in [-0.1, -0.05) is 41.5 Å². The third-order valence-corrected chi connectivity index (χ3v) is 16.4. The summed E-state index contributed by atoms with van der Waals surface area (Å²) in [5.41, 5.74) is 0.773. The van der Waals surface area contributed by atoms with Crippen LogP contribution in [0.1, 0.15) is 130 Å². The Morgan fingerprint density at radius 1 is 0.909 bits per heavy atom. The Morgan fingerprint density at radius 2 is 1.56 bits per heavy atom. The molecule has 55 heavy (non-hydrogen) atoms. The highest BCUT2D eigenvalue weighted by atomic mass is 16.5. The molecule has 0 bridgehead atoms. The number of allylic oxidation sites excluding steroid dienone is 1. The number of fused-ring (bicyclic) bond motifs is 7. The molecular weight excluding hydrogens is 693 g/mol. The number of hydrogen-bond acceptors (Lipinski definition) is 7. The van der Waals surface area contributed by atoms with E-state index in [0.717, 1.165) is 56.8 Å². The number of esters is 1. The zero-order valence-electron chi connectivity index (χ0n) is 34.6. The van der Waals surface area contributed by atoms with Crippen molar-refractivity contribution in [2.75, 3.05) is 7.11 Å². The van der Waals surface area contributed by atoms with Gasteiger partial charge in [0.15, 0.2) is 5.78 Å². The number of nitrogens with one attached hydrogen (secondary N) is 2. The lowest BCUT2D eigenvalue weighted by molar-refractivity contribution is -0.195. The number of Topliss-reactive ketones (excluding diaryl/α,β-unsaturated/α-hetero) is 1. The number of carbonyl (C=O) groups is 5. The molecule has 300 valence electrons. The first-order valence-electron chi connectivity index (χ1n) is 21.1. The van der Waals surface area contributed by atoms with Crippen LogP contribution in [0, 0.1) is 64.1 Å². The maximum absolute atomic E-state index is 14.3. The number of rotatable bonds is 9. The van der Waals surface area contributed by atoms with Crippen molar-refractivity contribution in [2.45, 2.75) is 137 Å². The fourth-order valence-corrected chi connectivity index (χ4v) is 13.3. The number of aldehydes is 1. The number of ether oxygens (including phenoxy) is 2. The van der Waals surface area contributed by atoms with Gasteiger partial charge in [-0.25, -0.2) is 0 Å². The van der Waals surface area contributed by atoms with Crippen molar-refractivity contribution < 1.29 is 33.4 Å². The van der Waals surface area contributed by atoms with Crippen LogP contribution in [0.3, 0.4) is 0 Å². The molecule has 9 heteroatoms. The topological polar surface area (TPSA) is 128 Å². The molecule has 1 aromatic rings. The highest BCUT2D eigenvalue weighted by Gasteiger charge is 2.65. The molecule has 0 radical (unpaired) electrons. The predicted octanol–water partition coefficient (Wildman–Crippen LogP) is 7.66. The minimum atomic E-state index is -1.22. The van der Waals surface area contributed by atoms with Crippen molar-refractivity contribution in [3.8, 4) is 5.75 Å². The Hall–Kier alpha value is -3.49. The van der Waals surface area contributed by atoms with Gasteiger partial charge >= 0.3 is 5.97 Å². The lowest BCUT2D eigenvalue weighted by Crippen LogP contribution is -2.65. The van der Waals surface area contributed by atoms with Crippen molar-refractivity contribution in [1.82, 2.24) is 10.6 Å². The average molecular weight is 757 g/mol. The Bertz CT molecular complexity index is 1760. The Labute approximate surface area is 327 Å². The summed E-state index contributed by atoms with van der Waals surface area (Å²) in [7, 11) is 1.57. The van der Waals surface area contributed by atoms with Crippen LogP contribution in [-0.2, 0) is 23.9 Å². The van der Waals surface area contributed by atoms with E-state index in [9.17, 15) is 24.0 Å². The first-order valence-corrected chi connectivity index (χ1v) is 21.1. The fraction of sp³-hybridized carbons (Fsp3) is 0.717. The normalized spacial score (nSPS) is 39.5. The molecule has 12 atom stereocenters. The number of benzene rings is 1. The Morgan fingerprint density at radius 3 is 2.20 bits per heavy atom. The van der Waals surface area contributed by atoms with Crippen LogP contribution >= 0.6 is 0 Å². The van der Waals surface area contributed by atoms with Crippen molar-refractivity contribution >= 4 is 29.9 Å². The molecule has 12 unspecified atom stereocenters. The summed E-state index contributed by atoms with van der Waals surface area (Å²) in [5, 5.41) is 6.39. The fourth-order valence-electron chi connectivity index (χ4n) is 13.3. The number of methoxy groups -OCH3 is 1. The van der Waals surface area contributed by atoms with Crippen LogP contribution in [0.25, 0.3) is 0 Å². The van der Waals surface area contributed by atoms with E-state index in [4.69, 9.17) is 9.47 Å². The molecule has 0 heterocycles. The molecule has 5 saturated carbocycles. The molecule has 6 aliphatic carbocycles. The van der Waals surface area contributed by atoms with E-state index in [2.05, 4.69) is 45.3 Å². The second-order valence-electron chi connectivity index (χ2n) is 19.8. The minimum Gasteiger partial charge on any atom is -0.497 e. The van der Waals surface area contributed by atoms with Crippen LogP contribution in [0.2, 0.25) is 0 Å². The van der Waals surface area contributed by atoms with Crippen LogP contribution in [0.15, 0.2) is 35.4 Å². The largest absolute Gasteiger partial charge is 0.497 e. The zero-order chi connectivity index (χ0) is 39.8. The lowest BCUT2D eigenvalue weighted by Gasteiger charge is -2.67. The van der Waals surface area contributed by atoms with E-state index < -0.39 is 11.1 Å². The van der Waals surface area contributed by atoms with E-state index in [1.165, 1.54) is 5.57 Å². The highest BCUT2D eigenvalue weighted by Crippen LogP contribution is 2.70. The zero-order valence-corrected chi connectivity index (χ0v) is 34.6. The SMILES string of the molecule is COc1ccc(C(=O)NC(C)(C)C(=O)NC23CCC4C(CCC5C4(C)CCC4C(C)C(OC(=O)C6CC(C=O)C6C)CCC45C)C2=C(C(C)C)C(=O)C3)cc1. The standard InChI is InChI=1S/C46H64N2O7/c1-25(2)38-35(50)23-46(48-42(53)43(5,6)47-40(51)28-10-12-30(54-9)13-11-28)21-17-34-31(39(38)46)14-15-37-44(7)20-18-36(27(4)33(44)16-19-45(34,37)8)55-41(52)32-22-29(24-49)26(32)3/h10-13,24-27,29,31-34,36-37H,14-23H2,1-9H3,(H,47,51)(H,48,53). The average Bonchev–Trinajstić information content (AvgIpc) is 3.44. The van der Waals surface area contributed by atoms with E-state index in [1.807, 2.05) is 6.92 Å². The van der Waals surface area contributed by atoms with Gasteiger partial charge in [-0.15, -0.1) is 0 Å². The van der Waals surface area contributed by atoms with Gasteiger partial charge in [-0.2, -0.15) is 0 Å². The minimum absolute atomic E-state index is 0.0306. The monoisotopic (exact) mass is 756 g/mol. The molecule has 5 fully saturated rings. The van der Waals surface area contributed by atoms with Gasteiger partial charge in [-0.05, 0) is 159 Å². The van der Waals surface area contributed by atoms with Crippen molar-refractivity contribution in [3.63, 3.8) is 0 Å². The van der Waals surface area contributed by atoms with Gasteiger partial charge in [0.2, 0.25) is 5.91 Å². The summed E-state index contributed by atoms with van der Waals surface area (Å²) >= 11 is 0. The van der Waals surface area contributed by atoms with Crippen molar-refractivity contribution in [3.05, 3.63) is 41.0 Å². The second-order valence-corrected chi connectivity index (χ2v) is 19.8. The van der Waals surface area contributed by atoms with Gasteiger partial charge in [0, 0.05) is 17.9 Å². The van der Waals surface area contributed by atoms with E-state index >= 15 is 0 Å². The smallest absolute Gasteiger partial charge is 0.309 e. The molecule has 1 aromatic carbocycles. The van der Waals surface area contributed by atoms with Gasteiger partial charge < -0.3 is 24.9 Å². The maximum Gasteiger partial charge on any atom is 0.309 e. The molecule has 0 saturated heterocycles. The molecule has 7 rings (SSSR count). The van der Waals surface area contributed by atoms with Gasteiger partial charge in [0.05, 0.1) is 18.6 Å². The van der Waals surface area contributed by atoms with E-state index in [0.29, 0.717) is 41.9 Å². The molecule has 2 amide bonds. The number of ketones is 1. The lowest BCUT2D eigenvalue weighted by atomic mass is 9.38. The van der Waals surface area contributed by atoms with Crippen LogP contribution in [0.4, 0.5) is 0 Å². The molecular formula is C46H64N2O7. The number of carbonyl (C=O) groups excluding carboxylic acids is 5. The molecule has 0 spiro atoms. The second kappa shape index (κ2) is 14.2. The van der Waals surface area contributed by atoms with Crippen molar-refractivity contribution in [1.29, 1.82) is 0 Å². The van der Waals surface area contributed by atoms with Gasteiger partial charge in [0.1, 0.15) is 23.7 Å². The third kappa shape index (κ3) is 6.38. The Kier molecular flexibility index (Phi) is 10.2. The summed E-state index contributed by atoms with van der Waals surface area (Å²) in [6, 6.07) is 6.81. The number of hydrogen-bond donors (Lipinski definition) is 2. The molecule has 6 aliphatic rings. The first kappa shape index (κ1) is 39.7. The third-order valence-electron chi connectivity index (χ3n) is 16.4. The first-order chi connectivity index (χ1) is 25.9. The van der Waals surface area contributed by atoms with Crippen LogP contribution < -0.4 is 15.4 Å². The van der Waals surface area contributed by atoms with E-state index in [1.54, 1.807) is 45.2 Å². The van der Waals surface area contributed by atoms with Gasteiger partial charge in [0.25, 0.3) is 5.91 Å². The van der Waals surface area contributed by atoms with Crippen LogP contribution in [-0.4, -0.2) is 54.1 Å². The van der Waals surface area contributed by atoms with Crippen LogP contribution in [0.5, 0.6) is 5.75 Å². The summed E-state index contributed by atoms with van der Waals surface area (Å²) < 4.78 is 11.5.